The van der Waals surface area contributed by atoms with E-state index < -0.39 is 0 Å². The molecule has 0 saturated heterocycles. The van der Waals surface area contributed by atoms with E-state index in [1.807, 2.05) is 10.8 Å². The highest BCUT2D eigenvalue weighted by Gasteiger charge is 1.93. The van der Waals surface area contributed by atoms with Crippen LogP contribution in [-0.2, 0) is 11.5 Å². The number of hydrogen-bond donors (Lipinski definition) is 0. The lowest BCUT2D eigenvalue weighted by atomic mass is 10.1. The predicted octanol–water partition coefficient (Wildman–Crippen LogP) is 4.00. The van der Waals surface area contributed by atoms with Crippen LogP contribution in [0.2, 0.25) is 0 Å². The topological polar surface area (TPSA) is 27.1 Å². The van der Waals surface area contributed by atoms with Gasteiger partial charge in [0.1, 0.15) is 6.73 Å². The summed E-state index contributed by atoms with van der Waals surface area (Å²) in [7, 11) is 0. The van der Waals surface area contributed by atoms with E-state index in [0.717, 1.165) is 6.61 Å². The molecule has 3 heteroatoms. The van der Waals surface area contributed by atoms with Gasteiger partial charge >= 0.3 is 0 Å². The minimum atomic E-state index is 0.635. The summed E-state index contributed by atoms with van der Waals surface area (Å²) in [6, 6.07) is 0. The monoisotopic (exact) mass is 238 g/mol. The van der Waals surface area contributed by atoms with Crippen molar-refractivity contribution in [1.82, 2.24) is 9.55 Å². The van der Waals surface area contributed by atoms with Gasteiger partial charge in [0.2, 0.25) is 0 Å². The molecule has 0 aliphatic heterocycles. The molecule has 0 saturated carbocycles. The van der Waals surface area contributed by atoms with Gasteiger partial charge in [-0.25, -0.2) is 4.98 Å². The van der Waals surface area contributed by atoms with Gasteiger partial charge in [-0.3, -0.25) is 0 Å². The SMILES string of the molecule is CCCCCCCCCCOCn1ccnc1. The molecule has 3 nitrogen and oxygen atoms in total. The zero-order chi connectivity index (χ0) is 12.2. The first-order valence-electron chi connectivity index (χ1n) is 6.97. The fourth-order valence-corrected chi connectivity index (χ4v) is 1.87. The summed E-state index contributed by atoms with van der Waals surface area (Å²) in [6.45, 7) is 3.77. The Hall–Kier alpha value is -0.830. The van der Waals surface area contributed by atoms with Crippen molar-refractivity contribution in [2.24, 2.45) is 0 Å². The summed E-state index contributed by atoms with van der Waals surface area (Å²) in [5.74, 6) is 0. The molecular formula is C14H26N2O. The van der Waals surface area contributed by atoms with Crippen LogP contribution in [-0.4, -0.2) is 16.2 Å². The van der Waals surface area contributed by atoms with E-state index >= 15 is 0 Å². The van der Waals surface area contributed by atoms with Gasteiger partial charge in [0.15, 0.2) is 0 Å². The van der Waals surface area contributed by atoms with Gasteiger partial charge in [-0.05, 0) is 6.42 Å². The number of ether oxygens (including phenoxy) is 1. The van der Waals surface area contributed by atoms with Crippen molar-refractivity contribution < 1.29 is 4.74 Å². The van der Waals surface area contributed by atoms with E-state index in [1.54, 1.807) is 12.5 Å². The first-order valence-corrected chi connectivity index (χ1v) is 6.97. The molecule has 1 aromatic rings. The summed E-state index contributed by atoms with van der Waals surface area (Å²) in [4.78, 5) is 3.97. The lowest BCUT2D eigenvalue weighted by Crippen LogP contribution is -2.01. The van der Waals surface area contributed by atoms with E-state index in [1.165, 1.54) is 51.4 Å². The molecule has 0 aliphatic rings. The number of rotatable bonds is 11. The van der Waals surface area contributed by atoms with Crippen molar-refractivity contribution in [1.29, 1.82) is 0 Å². The highest BCUT2D eigenvalue weighted by atomic mass is 16.5. The average Bonchev–Trinajstić information content (AvgIpc) is 2.85. The smallest absolute Gasteiger partial charge is 0.123 e. The molecule has 0 unspecified atom stereocenters. The molecule has 1 aromatic heterocycles. The van der Waals surface area contributed by atoms with Gasteiger partial charge in [-0.1, -0.05) is 51.9 Å². The van der Waals surface area contributed by atoms with Crippen LogP contribution in [0, 0.1) is 0 Å². The summed E-state index contributed by atoms with van der Waals surface area (Å²) in [5, 5.41) is 0. The van der Waals surface area contributed by atoms with Crippen LogP contribution in [0.15, 0.2) is 18.7 Å². The van der Waals surface area contributed by atoms with E-state index in [4.69, 9.17) is 4.74 Å². The van der Waals surface area contributed by atoms with Crippen molar-refractivity contribution in [2.45, 2.75) is 65.0 Å². The zero-order valence-electron chi connectivity index (χ0n) is 11.1. The summed E-state index contributed by atoms with van der Waals surface area (Å²) < 4.78 is 7.50. The fourth-order valence-electron chi connectivity index (χ4n) is 1.87. The molecule has 0 aromatic carbocycles. The van der Waals surface area contributed by atoms with Crippen LogP contribution in [0.4, 0.5) is 0 Å². The van der Waals surface area contributed by atoms with Gasteiger partial charge in [-0.2, -0.15) is 0 Å². The van der Waals surface area contributed by atoms with Crippen LogP contribution in [0.1, 0.15) is 58.3 Å². The molecule has 0 spiro atoms. The van der Waals surface area contributed by atoms with Crippen molar-refractivity contribution in [3.8, 4) is 0 Å². The third-order valence-corrected chi connectivity index (χ3v) is 2.94. The Kier molecular flexibility index (Phi) is 8.65. The summed E-state index contributed by atoms with van der Waals surface area (Å²) >= 11 is 0. The van der Waals surface area contributed by atoms with Gasteiger partial charge in [0, 0.05) is 19.0 Å². The van der Waals surface area contributed by atoms with Crippen LogP contribution in [0.5, 0.6) is 0 Å². The fraction of sp³-hybridized carbons (Fsp3) is 0.786. The van der Waals surface area contributed by atoms with Crippen molar-refractivity contribution >= 4 is 0 Å². The predicted molar refractivity (Wildman–Crippen MR) is 70.8 cm³/mol. The molecule has 98 valence electrons. The van der Waals surface area contributed by atoms with Crippen LogP contribution in [0.3, 0.4) is 0 Å². The molecule has 0 N–H and O–H groups in total. The molecule has 0 radical (unpaired) electrons. The Morgan fingerprint density at radius 2 is 1.71 bits per heavy atom. The lowest BCUT2D eigenvalue weighted by molar-refractivity contribution is 0.0738. The average molecular weight is 238 g/mol. The summed E-state index contributed by atoms with van der Waals surface area (Å²) in [5.41, 5.74) is 0. The minimum Gasteiger partial charge on any atom is -0.361 e. The van der Waals surface area contributed by atoms with Crippen molar-refractivity contribution in [2.75, 3.05) is 6.61 Å². The second kappa shape index (κ2) is 10.3. The van der Waals surface area contributed by atoms with Crippen molar-refractivity contribution in [3.63, 3.8) is 0 Å². The molecule has 1 rings (SSSR count). The zero-order valence-corrected chi connectivity index (χ0v) is 11.1. The van der Waals surface area contributed by atoms with E-state index in [-0.39, 0.29) is 0 Å². The van der Waals surface area contributed by atoms with Crippen LogP contribution in [0.25, 0.3) is 0 Å². The highest BCUT2D eigenvalue weighted by Crippen LogP contribution is 2.08. The highest BCUT2D eigenvalue weighted by molar-refractivity contribution is 4.71. The molecule has 1 heterocycles. The maximum atomic E-state index is 5.55. The third kappa shape index (κ3) is 7.97. The Morgan fingerprint density at radius 1 is 1.00 bits per heavy atom. The van der Waals surface area contributed by atoms with Gasteiger partial charge < -0.3 is 9.30 Å². The number of aromatic nitrogens is 2. The van der Waals surface area contributed by atoms with E-state index in [2.05, 4.69) is 11.9 Å². The van der Waals surface area contributed by atoms with E-state index in [9.17, 15) is 0 Å². The van der Waals surface area contributed by atoms with Gasteiger partial charge in [0.25, 0.3) is 0 Å². The lowest BCUT2D eigenvalue weighted by Gasteiger charge is -2.04. The van der Waals surface area contributed by atoms with Gasteiger partial charge in [0.05, 0.1) is 6.33 Å². The standard InChI is InChI=1S/C14H26N2O/c1-2-3-4-5-6-7-8-9-12-17-14-16-11-10-15-13-16/h10-11,13H,2-9,12,14H2,1H3. The number of hydrogen-bond acceptors (Lipinski definition) is 2. The molecule has 0 aliphatic carbocycles. The largest absolute Gasteiger partial charge is 0.361 e. The van der Waals surface area contributed by atoms with Crippen LogP contribution < -0.4 is 0 Å². The van der Waals surface area contributed by atoms with Crippen LogP contribution >= 0.6 is 0 Å². The van der Waals surface area contributed by atoms with Gasteiger partial charge in [-0.15, -0.1) is 0 Å². The summed E-state index contributed by atoms with van der Waals surface area (Å²) in [6.07, 6.45) is 16.3. The maximum Gasteiger partial charge on any atom is 0.123 e. The first kappa shape index (κ1) is 14.2. The molecule has 0 amide bonds. The van der Waals surface area contributed by atoms with Crippen molar-refractivity contribution in [3.05, 3.63) is 18.7 Å². The minimum absolute atomic E-state index is 0.635. The molecule has 0 atom stereocenters. The number of imidazole rings is 1. The molecule has 17 heavy (non-hydrogen) atoms. The Bertz CT molecular complexity index is 247. The number of nitrogens with zero attached hydrogens (tertiary/aromatic N) is 2. The second-order valence-corrected chi connectivity index (χ2v) is 4.59. The third-order valence-electron chi connectivity index (χ3n) is 2.94. The van der Waals surface area contributed by atoms with E-state index in [0.29, 0.717) is 6.73 Å². The quantitative estimate of drug-likeness (QED) is 0.545. The second-order valence-electron chi connectivity index (χ2n) is 4.59. The number of unbranched alkanes of at least 4 members (excludes halogenated alkanes) is 7. The molecular weight excluding hydrogens is 212 g/mol. The normalized spacial score (nSPS) is 10.9. The Balaban J connectivity index is 1.76. The maximum absolute atomic E-state index is 5.55. The Morgan fingerprint density at radius 3 is 2.35 bits per heavy atom. The first-order chi connectivity index (χ1) is 8.43. The Labute approximate surface area is 105 Å². The molecule has 0 fully saturated rings. The molecule has 0 bridgehead atoms.